The second-order valence-corrected chi connectivity index (χ2v) is 8.77. The summed E-state index contributed by atoms with van der Waals surface area (Å²) in [6, 6.07) is 0. The third-order valence-corrected chi connectivity index (χ3v) is 5.11. The zero-order valence-electron chi connectivity index (χ0n) is 25.4. The molecule has 13 heteroatoms. The number of hydrogen-bond acceptors (Lipinski definition) is 12. The Kier molecular flexibility index (Phi) is 39.6. The summed E-state index contributed by atoms with van der Waals surface area (Å²) >= 11 is 5.51. The molecule has 248 valence electrons. The van der Waals surface area contributed by atoms with Gasteiger partial charge in [0, 0.05) is 12.5 Å². The van der Waals surface area contributed by atoms with E-state index in [0.29, 0.717) is 158 Å². The SMILES string of the molecule is CCCCOCCOCCOCCOCCOCCOCCOCCOCCOCCOCCOCCOCCCl. The van der Waals surface area contributed by atoms with Gasteiger partial charge in [-0.3, -0.25) is 0 Å². The molecule has 0 aliphatic heterocycles. The highest BCUT2D eigenvalue weighted by molar-refractivity contribution is 6.17. The van der Waals surface area contributed by atoms with E-state index >= 15 is 0 Å². The van der Waals surface area contributed by atoms with Crippen LogP contribution in [0.1, 0.15) is 19.8 Å². The van der Waals surface area contributed by atoms with Crippen LogP contribution in [0.4, 0.5) is 0 Å². The quantitative estimate of drug-likeness (QED) is 0.0745. The highest BCUT2D eigenvalue weighted by atomic mass is 35.5. The van der Waals surface area contributed by atoms with Crippen LogP contribution in [-0.4, -0.2) is 164 Å². The Balaban J connectivity index is 3.02. The summed E-state index contributed by atoms with van der Waals surface area (Å²) in [5, 5.41) is 0. The molecular formula is C28H57ClO12. The van der Waals surface area contributed by atoms with Gasteiger partial charge in [-0.1, -0.05) is 13.3 Å². The lowest BCUT2D eigenvalue weighted by Crippen LogP contribution is -2.15. The molecule has 0 aromatic rings. The Morgan fingerprint density at radius 1 is 0.268 bits per heavy atom. The second kappa shape index (κ2) is 39.8. The highest BCUT2D eigenvalue weighted by Crippen LogP contribution is 1.89. The van der Waals surface area contributed by atoms with Gasteiger partial charge in [-0.05, 0) is 6.42 Å². The van der Waals surface area contributed by atoms with Gasteiger partial charge in [0.2, 0.25) is 0 Å². The molecule has 0 aromatic carbocycles. The van der Waals surface area contributed by atoms with Crippen LogP contribution in [0, 0.1) is 0 Å². The normalized spacial score (nSPS) is 11.6. The van der Waals surface area contributed by atoms with Crippen molar-refractivity contribution in [3.63, 3.8) is 0 Å². The van der Waals surface area contributed by atoms with Gasteiger partial charge in [-0.15, -0.1) is 11.6 Å². The van der Waals surface area contributed by atoms with E-state index in [2.05, 4.69) is 6.92 Å². The molecule has 0 unspecified atom stereocenters. The smallest absolute Gasteiger partial charge is 0.0701 e. The van der Waals surface area contributed by atoms with Gasteiger partial charge in [0.25, 0.3) is 0 Å². The molecule has 0 amide bonds. The van der Waals surface area contributed by atoms with Crippen molar-refractivity contribution in [3.05, 3.63) is 0 Å². The lowest BCUT2D eigenvalue weighted by Gasteiger charge is -2.09. The maximum atomic E-state index is 5.51. The molecule has 0 saturated heterocycles. The number of hydrogen-bond donors (Lipinski definition) is 0. The average molecular weight is 621 g/mol. The molecule has 0 aliphatic carbocycles. The number of halogens is 1. The van der Waals surface area contributed by atoms with Gasteiger partial charge in [0.1, 0.15) is 0 Å². The monoisotopic (exact) mass is 620 g/mol. The van der Waals surface area contributed by atoms with Crippen LogP contribution in [0.3, 0.4) is 0 Å². The van der Waals surface area contributed by atoms with Crippen LogP contribution < -0.4 is 0 Å². The molecule has 0 saturated carbocycles. The van der Waals surface area contributed by atoms with Crippen LogP contribution in [0.2, 0.25) is 0 Å². The molecule has 0 atom stereocenters. The predicted octanol–water partition coefficient (Wildman–Crippen LogP) is 2.22. The zero-order valence-corrected chi connectivity index (χ0v) is 26.1. The predicted molar refractivity (Wildman–Crippen MR) is 155 cm³/mol. The second-order valence-electron chi connectivity index (χ2n) is 8.39. The molecule has 41 heavy (non-hydrogen) atoms. The summed E-state index contributed by atoms with van der Waals surface area (Å²) in [5.41, 5.74) is 0. The van der Waals surface area contributed by atoms with E-state index in [0.717, 1.165) is 19.4 Å². The Hall–Kier alpha value is -0.190. The minimum absolute atomic E-state index is 0.499. The average Bonchev–Trinajstić information content (AvgIpc) is 2.98. The van der Waals surface area contributed by atoms with E-state index < -0.39 is 0 Å². The maximum Gasteiger partial charge on any atom is 0.0701 e. The van der Waals surface area contributed by atoms with E-state index in [4.69, 9.17) is 68.4 Å². The zero-order chi connectivity index (χ0) is 29.6. The fourth-order valence-electron chi connectivity index (χ4n) is 2.82. The van der Waals surface area contributed by atoms with Crippen molar-refractivity contribution in [1.82, 2.24) is 0 Å². The molecule has 0 spiro atoms. The number of ether oxygens (including phenoxy) is 12. The van der Waals surface area contributed by atoms with E-state index in [-0.39, 0.29) is 0 Å². The largest absolute Gasteiger partial charge is 0.379 e. The van der Waals surface area contributed by atoms with Gasteiger partial charge in [-0.2, -0.15) is 0 Å². The fourth-order valence-corrected chi connectivity index (χ4v) is 2.93. The minimum Gasteiger partial charge on any atom is -0.379 e. The van der Waals surface area contributed by atoms with Gasteiger partial charge < -0.3 is 56.8 Å². The molecule has 0 aliphatic rings. The molecule has 0 fully saturated rings. The summed E-state index contributed by atoms with van der Waals surface area (Å²) in [5.74, 6) is 0.499. The van der Waals surface area contributed by atoms with Crippen LogP contribution in [0.25, 0.3) is 0 Å². The van der Waals surface area contributed by atoms with Crippen LogP contribution in [0.5, 0.6) is 0 Å². The topological polar surface area (TPSA) is 111 Å². The van der Waals surface area contributed by atoms with Gasteiger partial charge in [0.15, 0.2) is 0 Å². The maximum absolute atomic E-state index is 5.51. The van der Waals surface area contributed by atoms with E-state index in [1.54, 1.807) is 0 Å². The highest BCUT2D eigenvalue weighted by Gasteiger charge is 1.96. The molecule has 0 radical (unpaired) electrons. The molecule has 0 aromatic heterocycles. The van der Waals surface area contributed by atoms with Crippen LogP contribution >= 0.6 is 11.6 Å². The van der Waals surface area contributed by atoms with Crippen molar-refractivity contribution in [2.45, 2.75) is 19.8 Å². The van der Waals surface area contributed by atoms with Gasteiger partial charge >= 0.3 is 0 Å². The first-order valence-corrected chi connectivity index (χ1v) is 15.4. The van der Waals surface area contributed by atoms with E-state index in [1.807, 2.05) is 0 Å². The van der Waals surface area contributed by atoms with E-state index in [9.17, 15) is 0 Å². The molecule has 0 heterocycles. The molecular weight excluding hydrogens is 564 g/mol. The van der Waals surface area contributed by atoms with Crippen molar-refractivity contribution < 1.29 is 56.8 Å². The lowest BCUT2D eigenvalue weighted by molar-refractivity contribution is -0.0282. The molecule has 12 nitrogen and oxygen atoms in total. The third kappa shape index (κ3) is 39.8. The summed E-state index contributed by atoms with van der Waals surface area (Å²) in [4.78, 5) is 0. The molecule has 0 bridgehead atoms. The number of rotatable bonds is 38. The van der Waals surface area contributed by atoms with Crippen molar-refractivity contribution in [2.75, 3.05) is 164 Å². The molecule has 0 rings (SSSR count). The van der Waals surface area contributed by atoms with Crippen LogP contribution in [-0.2, 0) is 56.8 Å². The Morgan fingerprint density at radius 3 is 0.610 bits per heavy atom. The van der Waals surface area contributed by atoms with Gasteiger partial charge in [-0.25, -0.2) is 0 Å². The summed E-state index contributed by atoms with van der Waals surface area (Å²) < 4.78 is 65.0. The van der Waals surface area contributed by atoms with Crippen LogP contribution in [0.15, 0.2) is 0 Å². The third-order valence-electron chi connectivity index (χ3n) is 4.96. The first kappa shape index (κ1) is 40.8. The number of alkyl halides is 1. The lowest BCUT2D eigenvalue weighted by atomic mass is 10.4. The summed E-state index contributed by atoms with van der Waals surface area (Å²) in [6.07, 6.45) is 2.24. The standard InChI is InChI=1S/C28H57ClO12/c1-2-3-5-30-7-9-32-11-13-34-15-17-36-19-21-38-23-25-40-27-28-41-26-24-39-22-20-37-18-16-35-14-12-33-10-8-31-6-4-29/h2-28H2,1H3. The van der Waals surface area contributed by atoms with Crippen molar-refractivity contribution >= 4 is 11.6 Å². The first-order chi connectivity index (χ1) is 20.4. The summed E-state index contributed by atoms with van der Waals surface area (Å²) in [6.45, 7) is 15.3. The Bertz CT molecular complexity index is 416. The van der Waals surface area contributed by atoms with Crippen molar-refractivity contribution in [1.29, 1.82) is 0 Å². The Morgan fingerprint density at radius 2 is 0.439 bits per heavy atom. The molecule has 0 N–H and O–H groups in total. The van der Waals surface area contributed by atoms with Crippen molar-refractivity contribution in [2.24, 2.45) is 0 Å². The Labute approximate surface area is 252 Å². The minimum atomic E-state index is 0.499. The van der Waals surface area contributed by atoms with Gasteiger partial charge in [0.05, 0.1) is 152 Å². The van der Waals surface area contributed by atoms with Crippen molar-refractivity contribution in [3.8, 4) is 0 Å². The first-order valence-electron chi connectivity index (χ1n) is 14.9. The summed E-state index contributed by atoms with van der Waals surface area (Å²) in [7, 11) is 0. The number of unbranched alkanes of at least 4 members (excludes halogenated alkanes) is 1. The fraction of sp³-hybridized carbons (Fsp3) is 1.00. The van der Waals surface area contributed by atoms with E-state index in [1.165, 1.54) is 0 Å².